The van der Waals surface area contributed by atoms with Crippen molar-refractivity contribution in [1.82, 2.24) is 5.32 Å². The van der Waals surface area contributed by atoms with E-state index in [0.29, 0.717) is 12.2 Å². The summed E-state index contributed by atoms with van der Waals surface area (Å²) in [4.78, 5) is 34.9. The Bertz CT molecular complexity index is 866. The van der Waals surface area contributed by atoms with Gasteiger partial charge in [0.25, 0.3) is 5.69 Å². The number of hydrogen-bond donors (Lipinski definition) is 1. The van der Waals surface area contributed by atoms with Crippen LogP contribution < -0.4 is 14.8 Å². The van der Waals surface area contributed by atoms with E-state index >= 15 is 0 Å². The summed E-state index contributed by atoms with van der Waals surface area (Å²) < 4.78 is 15.5. The Morgan fingerprint density at radius 1 is 1.07 bits per heavy atom. The largest absolute Gasteiger partial charge is 0.497 e. The summed E-state index contributed by atoms with van der Waals surface area (Å²) >= 11 is 0. The number of nitro benzene ring substituents is 1. The van der Waals surface area contributed by atoms with Crippen LogP contribution in [0.1, 0.15) is 25.8 Å². The van der Waals surface area contributed by atoms with Crippen molar-refractivity contribution in [1.29, 1.82) is 0 Å². The number of ether oxygens (including phenoxy) is 3. The van der Waals surface area contributed by atoms with Gasteiger partial charge in [0.2, 0.25) is 0 Å². The highest BCUT2D eigenvalue weighted by molar-refractivity contribution is 5.83. The zero-order valence-corrected chi connectivity index (χ0v) is 17.0. The number of carbonyl (C=O) groups excluding carboxylic acids is 2. The highest BCUT2D eigenvalue weighted by Gasteiger charge is 2.28. The zero-order chi connectivity index (χ0) is 22.1. The first kappa shape index (κ1) is 22.7. The molecule has 2 atom stereocenters. The van der Waals surface area contributed by atoms with Crippen molar-refractivity contribution in [3.05, 3.63) is 64.2 Å². The molecule has 30 heavy (non-hydrogen) atoms. The second kappa shape index (κ2) is 10.8. The second-order valence-electron chi connectivity index (χ2n) is 6.60. The Kier molecular flexibility index (Phi) is 8.16. The molecular weight excluding hydrogens is 392 g/mol. The van der Waals surface area contributed by atoms with Gasteiger partial charge in [0.1, 0.15) is 24.1 Å². The minimum atomic E-state index is -0.937. The maximum Gasteiger partial charge on any atom is 0.408 e. The number of nitro groups is 1. The van der Waals surface area contributed by atoms with E-state index in [4.69, 9.17) is 14.2 Å². The molecule has 0 aliphatic carbocycles. The number of alkyl carbamates (subject to hydrolysis) is 1. The molecule has 160 valence electrons. The fraction of sp³-hybridized carbons (Fsp3) is 0.333. The summed E-state index contributed by atoms with van der Waals surface area (Å²) in [5.41, 5.74) is 0.646. The van der Waals surface area contributed by atoms with E-state index in [1.54, 1.807) is 38.3 Å². The van der Waals surface area contributed by atoms with Crippen molar-refractivity contribution in [3.63, 3.8) is 0 Å². The van der Waals surface area contributed by atoms with Crippen LogP contribution in [0, 0.1) is 16.0 Å². The number of carbonyl (C=O) groups is 2. The van der Waals surface area contributed by atoms with Crippen LogP contribution in [0.15, 0.2) is 48.5 Å². The fourth-order valence-electron chi connectivity index (χ4n) is 2.52. The summed E-state index contributed by atoms with van der Waals surface area (Å²) in [5, 5.41) is 13.3. The molecule has 0 saturated heterocycles. The number of benzene rings is 2. The molecule has 1 N–H and O–H groups in total. The molecule has 2 rings (SSSR count). The lowest BCUT2D eigenvalue weighted by molar-refractivity contribution is -0.384. The number of non-ortho nitro benzene ring substituents is 1. The summed E-state index contributed by atoms with van der Waals surface area (Å²) in [7, 11) is 1.56. The molecule has 0 unspecified atom stereocenters. The lowest BCUT2D eigenvalue weighted by Gasteiger charge is -2.22. The quantitative estimate of drug-likeness (QED) is 0.285. The van der Waals surface area contributed by atoms with Crippen LogP contribution in [0.4, 0.5) is 10.5 Å². The van der Waals surface area contributed by atoms with Crippen LogP contribution in [0.25, 0.3) is 0 Å². The lowest BCUT2D eigenvalue weighted by atomic mass is 9.99. The predicted octanol–water partition coefficient (Wildman–Crippen LogP) is 3.85. The molecule has 2 aromatic carbocycles. The first-order valence-electron chi connectivity index (χ1n) is 9.36. The van der Waals surface area contributed by atoms with Crippen LogP contribution in [0.5, 0.6) is 11.5 Å². The van der Waals surface area contributed by atoms with Crippen molar-refractivity contribution in [2.75, 3.05) is 7.11 Å². The number of hydrogen-bond acceptors (Lipinski definition) is 7. The molecular formula is C21H24N2O7. The summed E-state index contributed by atoms with van der Waals surface area (Å²) in [6.45, 7) is 3.70. The topological polar surface area (TPSA) is 117 Å². The summed E-state index contributed by atoms with van der Waals surface area (Å²) in [6.07, 6.45) is -0.143. The van der Waals surface area contributed by atoms with Gasteiger partial charge in [0.05, 0.1) is 12.0 Å². The van der Waals surface area contributed by atoms with Gasteiger partial charge in [0.15, 0.2) is 0 Å². The first-order chi connectivity index (χ1) is 14.3. The van der Waals surface area contributed by atoms with Crippen LogP contribution in [0.3, 0.4) is 0 Å². The van der Waals surface area contributed by atoms with E-state index in [1.807, 2.05) is 6.92 Å². The molecule has 0 fully saturated rings. The fourth-order valence-corrected chi connectivity index (χ4v) is 2.52. The van der Waals surface area contributed by atoms with E-state index in [2.05, 4.69) is 5.32 Å². The molecule has 0 aliphatic heterocycles. The average molecular weight is 416 g/mol. The molecule has 9 nitrogen and oxygen atoms in total. The molecule has 1 amide bonds. The van der Waals surface area contributed by atoms with E-state index in [1.165, 1.54) is 24.3 Å². The third-order valence-electron chi connectivity index (χ3n) is 4.54. The number of esters is 1. The molecule has 0 aliphatic rings. The molecule has 0 bridgehead atoms. The standard InChI is InChI=1S/C21H24N2O7/c1-4-14(2)19(20(24)30-18-11-7-16(8-12-18)23(26)27)22-21(25)29-13-15-5-9-17(28-3)10-6-15/h5-12,14,19H,4,13H2,1-3H3,(H,22,25)/t14-,19-/m0/s1. The summed E-state index contributed by atoms with van der Waals surface area (Å²) in [6, 6.07) is 11.2. The van der Waals surface area contributed by atoms with Gasteiger partial charge in [-0.25, -0.2) is 9.59 Å². The second-order valence-corrected chi connectivity index (χ2v) is 6.60. The smallest absolute Gasteiger partial charge is 0.408 e. The number of amides is 1. The van der Waals surface area contributed by atoms with Crippen LogP contribution in [-0.4, -0.2) is 30.1 Å². The summed E-state index contributed by atoms with van der Waals surface area (Å²) in [5.74, 6) is -0.0648. The Balaban J connectivity index is 1.96. The third-order valence-corrected chi connectivity index (χ3v) is 4.54. The number of nitrogens with one attached hydrogen (secondary N) is 1. The van der Waals surface area contributed by atoms with E-state index in [9.17, 15) is 19.7 Å². The van der Waals surface area contributed by atoms with Crippen molar-refractivity contribution in [2.24, 2.45) is 5.92 Å². The monoisotopic (exact) mass is 416 g/mol. The lowest BCUT2D eigenvalue weighted by Crippen LogP contribution is -2.47. The molecule has 0 spiro atoms. The number of methoxy groups -OCH3 is 1. The minimum absolute atomic E-state index is 0.0282. The number of nitrogens with zero attached hydrogens (tertiary/aromatic N) is 1. The van der Waals surface area contributed by atoms with Gasteiger partial charge in [-0.1, -0.05) is 32.4 Å². The van der Waals surface area contributed by atoms with Crippen LogP contribution in [0.2, 0.25) is 0 Å². The Morgan fingerprint density at radius 3 is 2.20 bits per heavy atom. The van der Waals surface area contributed by atoms with Gasteiger partial charge in [-0.15, -0.1) is 0 Å². The van der Waals surface area contributed by atoms with E-state index in [-0.39, 0.29) is 24.0 Å². The van der Waals surface area contributed by atoms with Crippen LogP contribution in [-0.2, 0) is 16.1 Å². The maximum absolute atomic E-state index is 12.6. The molecule has 0 aromatic heterocycles. The van der Waals surface area contributed by atoms with E-state index in [0.717, 1.165) is 5.56 Å². The van der Waals surface area contributed by atoms with Gasteiger partial charge < -0.3 is 19.5 Å². The van der Waals surface area contributed by atoms with Gasteiger partial charge in [-0.2, -0.15) is 0 Å². The predicted molar refractivity (Wildman–Crippen MR) is 108 cm³/mol. The first-order valence-corrected chi connectivity index (χ1v) is 9.36. The molecule has 0 saturated carbocycles. The molecule has 0 radical (unpaired) electrons. The maximum atomic E-state index is 12.6. The van der Waals surface area contributed by atoms with Gasteiger partial charge in [-0.3, -0.25) is 10.1 Å². The Morgan fingerprint density at radius 2 is 1.67 bits per heavy atom. The Labute approximate surface area is 174 Å². The minimum Gasteiger partial charge on any atom is -0.497 e. The zero-order valence-electron chi connectivity index (χ0n) is 17.0. The molecule has 2 aromatic rings. The Hall–Kier alpha value is -3.62. The van der Waals surface area contributed by atoms with Gasteiger partial charge >= 0.3 is 12.1 Å². The highest BCUT2D eigenvalue weighted by atomic mass is 16.6. The third kappa shape index (κ3) is 6.47. The number of rotatable bonds is 9. The van der Waals surface area contributed by atoms with Crippen molar-refractivity contribution in [2.45, 2.75) is 32.9 Å². The van der Waals surface area contributed by atoms with Crippen molar-refractivity contribution in [3.8, 4) is 11.5 Å². The van der Waals surface area contributed by atoms with Crippen LogP contribution >= 0.6 is 0 Å². The molecule has 0 heterocycles. The van der Waals surface area contributed by atoms with E-state index < -0.39 is 23.0 Å². The van der Waals surface area contributed by atoms with Gasteiger partial charge in [0, 0.05) is 12.1 Å². The normalized spacial score (nSPS) is 12.4. The van der Waals surface area contributed by atoms with Crippen molar-refractivity contribution >= 4 is 17.7 Å². The molecule has 9 heteroatoms. The van der Waals surface area contributed by atoms with Crippen molar-refractivity contribution < 1.29 is 28.7 Å². The average Bonchev–Trinajstić information content (AvgIpc) is 2.76. The highest BCUT2D eigenvalue weighted by Crippen LogP contribution is 2.19. The van der Waals surface area contributed by atoms with Gasteiger partial charge in [-0.05, 0) is 35.7 Å². The SMILES string of the molecule is CC[C@H](C)[C@H](NC(=O)OCc1ccc(OC)cc1)C(=O)Oc1ccc([N+](=O)[O-])cc1.